The molecule has 1 aliphatic carbocycles. The molecule has 4 aromatic rings. The number of hydrogen-bond acceptors (Lipinski definition) is 11. The van der Waals surface area contributed by atoms with E-state index in [0.717, 1.165) is 5.56 Å². The van der Waals surface area contributed by atoms with Crippen LogP contribution in [-0.4, -0.2) is 62.3 Å². The molecule has 2 aromatic heterocycles. The maximum absolute atomic E-state index is 15.3. The van der Waals surface area contributed by atoms with Crippen molar-refractivity contribution >= 4 is 46.6 Å². The number of anilines is 1. The lowest BCUT2D eigenvalue weighted by Crippen LogP contribution is -2.54. The lowest BCUT2D eigenvalue weighted by atomic mass is 9.81. The summed E-state index contributed by atoms with van der Waals surface area (Å²) in [4.78, 5) is 83.3. The Hall–Kier alpha value is -6.36. The second-order valence-corrected chi connectivity index (χ2v) is 17.4. The third-order valence-electron chi connectivity index (χ3n) is 11.6. The summed E-state index contributed by atoms with van der Waals surface area (Å²) in [5, 5.41) is 23.0. The lowest BCUT2D eigenvalue weighted by molar-refractivity contribution is -0.172. The van der Waals surface area contributed by atoms with Crippen molar-refractivity contribution in [2.45, 2.75) is 124 Å². The van der Waals surface area contributed by atoms with Crippen LogP contribution in [0.25, 0.3) is 22.3 Å². The Bertz CT molecular complexity index is 2580. The van der Waals surface area contributed by atoms with E-state index in [0.29, 0.717) is 63.1 Å². The van der Waals surface area contributed by atoms with Crippen molar-refractivity contribution < 1.29 is 47.7 Å². The van der Waals surface area contributed by atoms with E-state index in [4.69, 9.17) is 19.2 Å². The van der Waals surface area contributed by atoms with E-state index in [-0.39, 0.29) is 43.2 Å². The highest BCUT2D eigenvalue weighted by Gasteiger charge is 2.46. The number of ether oxygens (including phenoxy) is 3. The third-order valence-corrected chi connectivity index (χ3v) is 11.6. The molecule has 4 amide bonds. The number of carbonyl (C=O) groups is 5. The summed E-state index contributed by atoms with van der Waals surface area (Å²) >= 11 is 0. The Morgan fingerprint density at radius 3 is 2.39 bits per heavy atom. The minimum Gasteiger partial charge on any atom is -0.458 e. The van der Waals surface area contributed by atoms with Crippen LogP contribution in [0.4, 0.5) is 19.7 Å². The summed E-state index contributed by atoms with van der Waals surface area (Å²) in [5.41, 5.74) is 1.85. The van der Waals surface area contributed by atoms with E-state index >= 15 is 4.39 Å². The molecule has 1 unspecified atom stereocenters. The summed E-state index contributed by atoms with van der Waals surface area (Å²) in [7, 11) is 0. The second kappa shape index (κ2) is 16.5. The van der Waals surface area contributed by atoms with Gasteiger partial charge in [0.2, 0.25) is 11.8 Å². The van der Waals surface area contributed by atoms with Crippen molar-refractivity contribution in [1.82, 2.24) is 25.5 Å². The van der Waals surface area contributed by atoms with Crippen molar-refractivity contribution in [3.63, 3.8) is 0 Å². The number of cyclic esters (lactones) is 1. The van der Waals surface area contributed by atoms with Crippen LogP contribution < -0.4 is 26.8 Å². The van der Waals surface area contributed by atoms with Gasteiger partial charge in [-0.15, -0.1) is 0 Å². The summed E-state index contributed by atoms with van der Waals surface area (Å²) < 4.78 is 33.0. The summed E-state index contributed by atoms with van der Waals surface area (Å²) in [5.74, 6) is -2.60. The number of fused-ring (bicyclic) bond motifs is 5. The number of aromatic nitrogens is 2. The number of rotatable bonds is 10. The highest BCUT2D eigenvalue weighted by atomic mass is 19.1. The van der Waals surface area contributed by atoms with Gasteiger partial charge in [-0.05, 0) is 100 Å². The first-order valence-corrected chi connectivity index (χ1v) is 20.6. The van der Waals surface area contributed by atoms with Gasteiger partial charge >= 0.3 is 18.2 Å². The quantitative estimate of drug-likeness (QED) is 0.0882. The van der Waals surface area contributed by atoms with Crippen molar-refractivity contribution in [2.75, 3.05) is 5.32 Å². The molecule has 2 aromatic carbocycles. The van der Waals surface area contributed by atoms with E-state index in [1.807, 2.05) is 0 Å². The zero-order chi connectivity index (χ0) is 45.0. The van der Waals surface area contributed by atoms with Gasteiger partial charge in [0.25, 0.3) is 5.56 Å². The van der Waals surface area contributed by atoms with Gasteiger partial charge in [-0.25, -0.2) is 23.8 Å². The fourth-order valence-corrected chi connectivity index (χ4v) is 8.30. The van der Waals surface area contributed by atoms with Gasteiger partial charge in [-0.3, -0.25) is 14.4 Å². The predicted octanol–water partition coefficient (Wildman–Crippen LogP) is 5.43. The van der Waals surface area contributed by atoms with Gasteiger partial charge in [0.05, 0.1) is 35.1 Å². The Kier molecular flexibility index (Phi) is 11.6. The number of pyridine rings is 2. The molecule has 17 heteroatoms. The standard InChI is InChI=1S/C45H51FN6O10/c1-9-45(59)29-16-33-37-27(18-52(33)40(55)28(29)20-60-41(45)56)35-31(15-14-26-22(4)30(46)17-32(49-37)34(26)35)50-42(57)61-19-24-10-12-25(13-11-24)48-38(53)23(5)47-39(54)36(21(2)3)51-43(58)62-44(6,7)8/h10-13,16-17,21,23,31,36,59H,9,14-15,18-20H2,1-8H3,(H,47,54)(H,48,53)(H,50,57)(H,51,58)/t23-,31?,36-,45-/m0/s1. The number of amides is 4. The van der Waals surface area contributed by atoms with Crippen LogP contribution in [0.5, 0.6) is 0 Å². The highest BCUT2D eigenvalue weighted by Crippen LogP contribution is 2.46. The maximum Gasteiger partial charge on any atom is 0.408 e. The molecule has 62 heavy (non-hydrogen) atoms. The Morgan fingerprint density at radius 1 is 1.02 bits per heavy atom. The summed E-state index contributed by atoms with van der Waals surface area (Å²) in [6, 6.07) is 7.05. The molecule has 4 atom stereocenters. The number of carbonyl (C=O) groups excluding carboxylic acids is 5. The lowest BCUT2D eigenvalue weighted by Gasteiger charge is -2.31. The molecule has 7 rings (SSSR count). The first-order chi connectivity index (χ1) is 29.2. The average molecular weight is 855 g/mol. The monoisotopic (exact) mass is 854 g/mol. The third kappa shape index (κ3) is 8.20. The fourth-order valence-electron chi connectivity index (χ4n) is 8.30. The Balaban J connectivity index is 1.03. The second-order valence-electron chi connectivity index (χ2n) is 17.4. The molecule has 0 bridgehead atoms. The zero-order valence-electron chi connectivity index (χ0n) is 35.9. The van der Waals surface area contributed by atoms with Gasteiger partial charge in [0.15, 0.2) is 5.60 Å². The molecule has 5 N–H and O–H groups in total. The largest absolute Gasteiger partial charge is 0.458 e. The summed E-state index contributed by atoms with van der Waals surface area (Å²) in [6.45, 7) is 13.2. The number of esters is 1. The van der Waals surface area contributed by atoms with E-state index in [1.165, 1.54) is 17.6 Å². The predicted molar refractivity (Wildman–Crippen MR) is 224 cm³/mol. The maximum atomic E-state index is 15.3. The fraction of sp³-hybridized carbons (Fsp3) is 0.444. The van der Waals surface area contributed by atoms with Crippen LogP contribution in [0.2, 0.25) is 0 Å². The molecule has 0 fully saturated rings. The molecule has 2 aliphatic heterocycles. The zero-order valence-corrected chi connectivity index (χ0v) is 35.9. The molecule has 0 saturated carbocycles. The molecular weight excluding hydrogens is 804 g/mol. The van der Waals surface area contributed by atoms with Crippen molar-refractivity contribution in [2.24, 2.45) is 5.92 Å². The molecule has 0 spiro atoms. The van der Waals surface area contributed by atoms with Gasteiger partial charge in [-0.2, -0.15) is 0 Å². The number of hydrogen-bond donors (Lipinski definition) is 5. The van der Waals surface area contributed by atoms with Crippen molar-refractivity contribution in [3.8, 4) is 11.4 Å². The number of aliphatic hydroxyl groups is 1. The Morgan fingerprint density at radius 2 is 1.73 bits per heavy atom. The van der Waals surface area contributed by atoms with Crippen LogP contribution in [-0.2, 0) is 60.4 Å². The summed E-state index contributed by atoms with van der Waals surface area (Å²) in [6.07, 6.45) is -0.635. The van der Waals surface area contributed by atoms with Crippen LogP contribution in [0, 0.1) is 18.7 Å². The molecule has 328 valence electrons. The normalized spacial score (nSPS) is 18.4. The first-order valence-electron chi connectivity index (χ1n) is 20.6. The minimum atomic E-state index is -2.02. The molecule has 0 radical (unpaired) electrons. The first kappa shape index (κ1) is 43.7. The van der Waals surface area contributed by atoms with E-state index < -0.39 is 70.7 Å². The average Bonchev–Trinajstić information content (AvgIpc) is 3.58. The molecule has 16 nitrogen and oxygen atoms in total. The van der Waals surface area contributed by atoms with Crippen LogP contribution in [0.1, 0.15) is 106 Å². The molecular formula is C45H51FN6O10. The van der Waals surface area contributed by atoms with Gasteiger partial charge in [0.1, 0.15) is 36.7 Å². The van der Waals surface area contributed by atoms with Gasteiger partial charge in [-0.1, -0.05) is 32.9 Å². The molecule has 0 saturated heterocycles. The number of aryl methyl sites for hydroxylation is 1. The number of nitrogens with one attached hydrogen (secondary N) is 4. The van der Waals surface area contributed by atoms with Crippen molar-refractivity contribution in [1.29, 1.82) is 0 Å². The van der Waals surface area contributed by atoms with E-state index in [9.17, 15) is 33.9 Å². The van der Waals surface area contributed by atoms with Gasteiger partial charge < -0.3 is 45.2 Å². The molecule has 4 heterocycles. The molecule has 3 aliphatic rings. The number of halogens is 1. The van der Waals surface area contributed by atoms with E-state index in [1.54, 1.807) is 78.8 Å². The van der Waals surface area contributed by atoms with E-state index in [2.05, 4.69) is 21.3 Å². The van der Waals surface area contributed by atoms with Gasteiger partial charge in [0, 0.05) is 28.3 Å². The van der Waals surface area contributed by atoms with Crippen molar-refractivity contribution in [3.05, 3.63) is 91.5 Å². The van der Waals surface area contributed by atoms with Crippen LogP contribution in [0.3, 0.4) is 0 Å². The minimum absolute atomic E-state index is 0.0218. The Labute approximate surface area is 356 Å². The number of alkyl carbamates (subject to hydrolysis) is 2. The number of benzene rings is 2. The topological polar surface area (TPSA) is 216 Å². The van der Waals surface area contributed by atoms with Crippen LogP contribution in [0.15, 0.2) is 41.2 Å². The smallest absolute Gasteiger partial charge is 0.408 e. The SMILES string of the molecule is CC[C@@]1(O)C(=O)OCc2c1cc1n(c2=O)Cc2c-1nc1cc(F)c(C)c3c1c2C(NC(=O)OCc1ccc(NC(=O)[C@H](C)NC(=O)[C@@H](NC(=O)OC(C)(C)C)C(C)C)cc1)CC3. The van der Waals surface area contributed by atoms with Crippen LogP contribution >= 0.6 is 0 Å². The number of nitrogens with zero attached hydrogens (tertiary/aromatic N) is 2. The highest BCUT2D eigenvalue weighted by molar-refractivity contribution is 5.98.